The van der Waals surface area contributed by atoms with E-state index >= 15 is 0 Å². The smallest absolute Gasteiger partial charge is 0.191 e. The first-order valence-corrected chi connectivity index (χ1v) is 6.40. The molecule has 1 aromatic rings. The second-order valence-electron chi connectivity index (χ2n) is 3.85. The van der Waals surface area contributed by atoms with Crippen molar-refractivity contribution in [2.24, 2.45) is 4.99 Å². The standard InChI is InChI=1S/C14H23N3.HI/c1-4-12-9-7-8-10-13(12)11-17-14(15-5-2)16-6-3;/h7-10H,4-6,11H2,1-3H3,(H2,15,16,17);1H. The Morgan fingerprint density at radius 1 is 1.00 bits per heavy atom. The van der Waals surface area contributed by atoms with E-state index < -0.39 is 0 Å². The highest BCUT2D eigenvalue weighted by Gasteiger charge is 1.99. The molecule has 4 heteroatoms. The fourth-order valence-corrected chi connectivity index (χ4v) is 1.73. The van der Waals surface area contributed by atoms with Crippen molar-refractivity contribution < 1.29 is 0 Å². The summed E-state index contributed by atoms with van der Waals surface area (Å²) in [5.41, 5.74) is 2.69. The maximum absolute atomic E-state index is 4.58. The van der Waals surface area contributed by atoms with Crippen LogP contribution in [0.15, 0.2) is 29.3 Å². The van der Waals surface area contributed by atoms with Crippen LogP contribution >= 0.6 is 24.0 Å². The van der Waals surface area contributed by atoms with Gasteiger partial charge in [0, 0.05) is 13.1 Å². The lowest BCUT2D eigenvalue weighted by atomic mass is 10.1. The monoisotopic (exact) mass is 361 g/mol. The number of halogens is 1. The van der Waals surface area contributed by atoms with Gasteiger partial charge in [-0.15, -0.1) is 24.0 Å². The third-order valence-corrected chi connectivity index (χ3v) is 2.60. The molecule has 1 aromatic carbocycles. The number of nitrogens with one attached hydrogen (secondary N) is 2. The molecular formula is C14H24IN3. The molecule has 0 aliphatic rings. The van der Waals surface area contributed by atoms with Gasteiger partial charge in [0.25, 0.3) is 0 Å². The maximum Gasteiger partial charge on any atom is 0.191 e. The predicted molar refractivity (Wildman–Crippen MR) is 89.7 cm³/mol. The molecule has 0 bridgehead atoms. The van der Waals surface area contributed by atoms with Crippen molar-refractivity contribution in [3.63, 3.8) is 0 Å². The largest absolute Gasteiger partial charge is 0.357 e. The number of rotatable bonds is 5. The van der Waals surface area contributed by atoms with Gasteiger partial charge in [-0.25, -0.2) is 4.99 Å². The lowest BCUT2D eigenvalue weighted by Gasteiger charge is -2.10. The fourth-order valence-electron chi connectivity index (χ4n) is 1.73. The minimum Gasteiger partial charge on any atom is -0.357 e. The Morgan fingerprint density at radius 3 is 2.06 bits per heavy atom. The van der Waals surface area contributed by atoms with E-state index in [4.69, 9.17) is 0 Å². The quantitative estimate of drug-likeness (QED) is 0.481. The minimum absolute atomic E-state index is 0. The molecule has 1 rings (SSSR count). The zero-order valence-corrected chi connectivity index (χ0v) is 13.8. The van der Waals surface area contributed by atoms with Crippen molar-refractivity contribution in [3.05, 3.63) is 35.4 Å². The lowest BCUT2D eigenvalue weighted by molar-refractivity contribution is 0.837. The summed E-state index contributed by atoms with van der Waals surface area (Å²) in [6, 6.07) is 8.48. The van der Waals surface area contributed by atoms with E-state index in [1.807, 2.05) is 0 Å². The normalized spacial score (nSPS) is 9.28. The van der Waals surface area contributed by atoms with Gasteiger partial charge in [-0.3, -0.25) is 0 Å². The Balaban J connectivity index is 0.00000289. The third-order valence-electron chi connectivity index (χ3n) is 2.60. The molecule has 0 aromatic heterocycles. The van der Waals surface area contributed by atoms with Crippen molar-refractivity contribution in [3.8, 4) is 0 Å². The molecule has 0 radical (unpaired) electrons. The van der Waals surface area contributed by atoms with Crippen molar-refractivity contribution in [1.29, 1.82) is 0 Å². The molecule has 0 saturated carbocycles. The number of guanidine groups is 1. The van der Waals surface area contributed by atoms with Crippen LogP contribution in [0.4, 0.5) is 0 Å². The highest BCUT2D eigenvalue weighted by Crippen LogP contribution is 2.10. The Kier molecular flexibility index (Phi) is 9.73. The molecule has 0 heterocycles. The molecular weight excluding hydrogens is 337 g/mol. The molecule has 18 heavy (non-hydrogen) atoms. The average molecular weight is 361 g/mol. The first kappa shape index (κ1) is 17.2. The SMILES string of the molecule is CCNC(=NCc1ccccc1CC)NCC.I. The van der Waals surface area contributed by atoms with E-state index in [1.54, 1.807) is 0 Å². The van der Waals surface area contributed by atoms with Gasteiger partial charge in [0.15, 0.2) is 5.96 Å². The Morgan fingerprint density at radius 2 is 1.56 bits per heavy atom. The van der Waals surface area contributed by atoms with E-state index in [0.717, 1.165) is 32.0 Å². The minimum atomic E-state index is 0. The van der Waals surface area contributed by atoms with Crippen LogP contribution in [0.3, 0.4) is 0 Å². The number of aliphatic imine (C=N–C) groups is 1. The van der Waals surface area contributed by atoms with Crippen molar-refractivity contribution in [2.75, 3.05) is 13.1 Å². The molecule has 102 valence electrons. The third kappa shape index (κ3) is 5.71. The van der Waals surface area contributed by atoms with Gasteiger partial charge in [0.1, 0.15) is 0 Å². The van der Waals surface area contributed by atoms with Crippen LogP contribution < -0.4 is 10.6 Å². The molecule has 0 saturated heterocycles. The Bertz CT molecular complexity index is 356. The van der Waals surface area contributed by atoms with Gasteiger partial charge < -0.3 is 10.6 Å². The fraction of sp³-hybridized carbons (Fsp3) is 0.500. The molecule has 3 nitrogen and oxygen atoms in total. The van der Waals surface area contributed by atoms with E-state index in [-0.39, 0.29) is 24.0 Å². The number of hydrogen-bond acceptors (Lipinski definition) is 1. The lowest BCUT2D eigenvalue weighted by Crippen LogP contribution is -2.37. The molecule has 0 atom stereocenters. The van der Waals surface area contributed by atoms with Crippen molar-refractivity contribution in [1.82, 2.24) is 10.6 Å². The summed E-state index contributed by atoms with van der Waals surface area (Å²) in [4.78, 5) is 4.58. The Hall–Kier alpha value is -0.780. The predicted octanol–water partition coefficient (Wildman–Crippen LogP) is 2.94. The Labute approximate surface area is 127 Å². The molecule has 0 amide bonds. The topological polar surface area (TPSA) is 36.4 Å². The van der Waals surface area contributed by atoms with Gasteiger partial charge in [0.05, 0.1) is 6.54 Å². The first-order chi connectivity index (χ1) is 8.31. The average Bonchev–Trinajstić information content (AvgIpc) is 2.37. The van der Waals surface area contributed by atoms with Crippen molar-refractivity contribution in [2.45, 2.75) is 33.7 Å². The van der Waals surface area contributed by atoms with Crippen molar-refractivity contribution >= 4 is 29.9 Å². The summed E-state index contributed by atoms with van der Waals surface area (Å²) in [5, 5.41) is 6.46. The molecule has 0 fully saturated rings. The van der Waals surface area contributed by atoms with Crippen LogP contribution in [-0.4, -0.2) is 19.0 Å². The summed E-state index contributed by atoms with van der Waals surface area (Å²) >= 11 is 0. The summed E-state index contributed by atoms with van der Waals surface area (Å²) in [5.74, 6) is 0.890. The molecule has 0 spiro atoms. The van der Waals surface area contributed by atoms with Crippen LogP contribution in [-0.2, 0) is 13.0 Å². The molecule has 0 aliphatic heterocycles. The second kappa shape index (κ2) is 10.2. The van der Waals surface area contributed by atoms with Crippen LogP contribution in [0.5, 0.6) is 0 Å². The van der Waals surface area contributed by atoms with Crippen LogP contribution in [0, 0.1) is 0 Å². The maximum atomic E-state index is 4.58. The number of aryl methyl sites for hydroxylation is 1. The zero-order valence-electron chi connectivity index (χ0n) is 11.5. The van der Waals surface area contributed by atoms with Gasteiger partial charge in [-0.05, 0) is 31.4 Å². The van der Waals surface area contributed by atoms with Crippen LogP contribution in [0.1, 0.15) is 31.9 Å². The summed E-state index contributed by atoms with van der Waals surface area (Å²) in [6.45, 7) is 8.85. The highest BCUT2D eigenvalue weighted by molar-refractivity contribution is 14.0. The molecule has 0 unspecified atom stereocenters. The van der Waals surface area contributed by atoms with E-state index in [2.05, 4.69) is 60.7 Å². The first-order valence-electron chi connectivity index (χ1n) is 6.40. The van der Waals surface area contributed by atoms with E-state index in [9.17, 15) is 0 Å². The van der Waals surface area contributed by atoms with Crippen LogP contribution in [0.2, 0.25) is 0 Å². The number of benzene rings is 1. The molecule has 0 aliphatic carbocycles. The van der Waals surface area contributed by atoms with Gasteiger partial charge in [0.2, 0.25) is 0 Å². The second-order valence-corrected chi connectivity index (χ2v) is 3.85. The summed E-state index contributed by atoms with van der Waals surface area (Å²) in [6.07, 6.45) is 1.06. The number of hydrogen-bond donors (Lipinski definition) is 2. The number of nitrogens with zero attached hydrogens (tertiary/aromatic N) is 1. The highest BCUT2D eigenvalue weighted by atomic mass is 127. The van der Waals surface area contributed by atoms with Gasteiger partial charge in [-0.1, -0.05) is 31.2 Å². The zero-order chi connectivity index (χ0) is 12.5. The summed E-state index contributed by atoms with van der Waals surface area (Å²) < 4.78 is 0. The molecule has 2 N–H and O–H groups in total. The van der Waals surface area contributed by atoms with Crippen LogP contribution in [0.25, 0.3) is 0 Å². The van der Waals surface area contributed by atoms with Gasteiger partial charge >= 0.3 is 0 Å². The van der Waals surface area contributed by atoms with Gasteiger partial charge in [-0.2, -0.15) is 0 Å². The van der Waals surface area contributed by atoms with E-state index in [1.165, 1.54) is 11.1 Å². The summed E-state index contributed by atoms with van der Waals surface area (Å²) in [7, 11) is 0. The van der Waals surface area contributed by atoms with E-state index in [0.29, 0.717) is 0 Å².